The van der Waals surface area contributed by atoms with E-state index in [1.165, 1.54) is 6.42 Å². The lowest BCUT2D eigenvalue weighted by atomic mass is 9.90. The normalized spacial score (nSPS) is 31.3. The van der Waals surface area contributed by atoms with E-state index >= 15 is 0 Å². The van der Waals surface area contributed by atoms with Crippen LogP contribution in [-0.2, 0) is 9.59 Å². The molecule has 0 saturated carbocycles. The molecule has 3 rings (SSSR count). The molecule has 0 radical (unpaired) electrons. The number of rotatable bonds is 5. The van der Waals surface area contributed by atoms with Crippen LogP contribution in [0.5, 0.6) is 0 Å². The minimum Gasteiger partial charge on any atom is -0.354 e. The molecule has 0 aromatic heterocycles. The molecule has 0 unspecified atom stereocenters. The Hall–Kier alpha value is -1.95. The second-order valence-electron chi connectivity index (χ2n) is 8.70. The zero-order chi connectivity index (χ0) is 19.6. The van der Waals surface area contributed by atoms with Gasteiger partial charge in [0.05, 0.1) is 6.42 Å². The van der Waals surface area contributed by atoms with Crippen LogP contribution in [-0.4, -0.2) is 59.2 Å². The first-order valence-electron chi connectivity index (χ1n) is 10.1. The van der Waals surface area contributed by atoms with Gasteiger partial charge >= 0.3 is 0 Å². The fourth-order valence-corrected chi connectivity index (χ4v) is 4.50. The largest absolute Gasteiger partial charge is 0.354 e. The number of fused-ring (bicyclic) bond motifs is 1. The number of aliphatic imine (C=N–C) groups is 1. The van der Waals surface area contributed by atoms with Crippen LogP contribution in [0.2, 0.25) is 0 Å². The van der Waals surface area contributed by atoms with Crippen LogP contribution in [0.25, 0.3) is 0 Å². The van der Waals surface area contributed by atoms with Crippen LogP contribution in [0.3, 0.4) is 0 Å². The van der Waals surface area contributed by atoms with E-state index < -0.39 is 5.54 Å². The molecule has 0 spiro atoms. The summed E-state index contributed by atoms with van der Waals surface area (Å²) < 4.78 is 0. The van der Waals surface area contributed by atoms with Crippen LogP contribution in [0, 0.1) is 11.8 Å². The number of carbonyl (C=O) groups excluding carboxylic acids is 2. The molecule has 0 aliphatic carbocycles. The topological polar surface area (TPSA) is 65.0 Å². The Morgan fingerprint density at radius 3 is 2.74 bits per heavy atom. The Labute approximate surface area is 162 Å². The van der Waals surface area contributed by atoms with E-state index in [0.717, 1.165) is 43.5 Å². The predicted molar refractivity (Wildman–Crippen MR) is 107 cm³/mol. The number of nitrogens with zero attached hydrogens (tertiary/aromatic N) is 3. The summed E-state index contributed by atoms with van der Waals surface area (Å²) in [4.78, 5) is 33.4. The first-order valence-corrected chi connectivity index (χ1v) is 10.1. The quantitative estimate of drug-likeness (QED) is 0.753. The predicted octanol–water partition coefficient (Wildman–Crippen LogP) is 2.33. The van der Waals surface area contributed by atoms with Crippen LogP contribution in [0.4, 0.5) is 0 Å². The first-order chi connectivity index (χ1) is 12.8. The molecular formula is C21H32N4O2. The number of hydrogen-bond donors (Lipinski definition) is 1. The van der Waals surface area contributed by atoms with Gasteiger partial charge in [0, 0.05) is 25.8 Å². The van der Waals surface area contributed by atoms with Gasteiger partial charge in [0.1, 0.15) is 11.4 Å². The number of amides is 2. The Morgan fingerprint density at radius 2 is 2.04 bits per heavy atom. The van der Waals surface area contributed by atoms with Gasteiger partial charge in [-0.2, -0.15) is 4.99 Å². The highest BCUT2D eigenvalue weighted by atomic mass is 16.2. The third-order valence-electron chi connectivity index (χ3n) is 5.73. The van der Waals surface area contributed by atoms with Crippen molar-refractivity contribution in [2.24, 2.45) is 16.8 Å². The average molecular weight is 373 g/mol. The summed E-state index contributed by atoms with van der Waals surface area (Å²) in [7, 11) is 0. The Bertz CT molecular complexity index is 686. The molecule has 1 N–H and O–H groups in total. The maximum atomic E-state index is 12.9. The van der Waals surface area contributed by atoms with Gasteiger partial charge < -0.3 is 15.1 Å². The summed E-state index contributed by atoms with van der Waals surface area (Å²) in [6, 6.07) is 0. The molecule has 2 amide bonds. The lowest BCUT2D eigenvalue weighted by Gasteiger charge is -2.42. The summed E-state index contributed by atoms with van der Waals surface area (Å²) in [5.74, 6) is 1.70. The average Bonchev–Trinajstić information content (AvgIpc) is 2.57. The van der Waals surface area contributed by atoms with Gasteiger partial charge in [-0.1, -0.05) is 13.8 Å². The van der Waals surface area contributed by atoms with Crippen LogP contribution in [0.15, 0.2) is 28.9 Å². The monoisotopic (exact) mass is 372 g/mol. The summed E-state index contributed by atoms with van der Waals surface area (Å²) in [6.45, 7) is 12.3. The third kappa shape index (κ3) is 4.49. The van der Waals surface area contributed by atoms with Gasteiger partial charge in [-0.15, -0.1) is 0 Å². The number of hydrogen-bond acceptors (Lipinski definition) is 4. The van der Waals surface area contributed by atoms with Gasteiger partial charge in [-0.25, -0.2) is 0 Å². The molecule has 3 aliphatic rings. The van der Waals surface area contributed by atoms with Gasteiger partial charge in [0.25, 0.3) is 5.91 Å². The maximum Gasteiger partial charge on any atom is 0.250 e. The van der Waals surface area contributed by atoms with Crippen molar-refractivity contribution in [3.8, 4) is 0 Å². The van der Waals surface area contributed by atoms with E-state index in [0.29, 0.717) is 12.4 Å². The highest BCUT2D eigenvalue weighted by Gasteiger charge is 2.45. The SMILES string of the molecule is CC1=CC2=NC(=O)C[C@@](C)(C(=O)NCCCN3C[C@H](C)C[C@H](C)C3)N2C=C1. The van der Waals surface area contributed by atoms with Crippen LogP contribution < -0.4 is 5.32 Å². The highest BCUT2D eigenvalue weighted by molar-refractivity contribution is 6.09. The second-order valence-corrected chi connectivity index (χ2v) is 8.70. The Morgan fingerprint density at radius 1 is 1.33 bits per heavy atom. The molecular weight excluding hydrogens is 340 g/mol. The number of piperidine rings is 1. The van der Waals surface area contributed by atoms with Gasteiger partial charge in [0.15, 0.2) is 0 Å². The molecule has 0 aromatic carbocycles. The van der Waals surface area contributed by atoms with Crippen molar-refractivity contribution < 1.29 is 9.59 Å². The van der Waals surface area contributed by atoms with E-state index in [1.807, 2.05) is 37.1 Å². The molecule has 27 heavy (non-hydrogen) atoms. The van der Waals surface area contributed by atoms with Gasteiger partial charge in [-0.3, -0.25) is 9.59 Å². The zero-order valence-electron chi connectivity index (χ0n) is 17.0. The Balaban J connectivity index is 1.54. The van der Waals surface area contributed by atoms with Crippen molar-refractivity contribution in [1.82, 2.24) is 15.1 Å². The molecule has 6 nitrogen and oxygen atoms in total. The summed E-state index contributed by atoms with van der Waals surface area (Å²) in [5, 5.41) is 3.05. The summed E-state index contributed by atoms with van der Waals surface area (Å²) >= 11 is 0. The number of amidine groups is 1. The van der Waals surface area contributed by atoms with Crippen molar-refractivity contribution >= 4 is 17.6 Å². The lowest BCUT2D eigenvalue weighted by molar-refractivity contribution is -0.134. The number of carbonyl (C=O) groups is 2. The molecule has 3 heterocycles. The van der Waals surface area contributed by atoms with Crippen molar-refractivity contribution in [2.75, 3.05) is 26.2 Å². The van der Waals surface area contributed by atoms with E-state index in [-0.39, 0.29) is 18.2 Å². The lowest BCUT2D eigenvalue weighted by Crippen LogP contribution is -2.60. The summed E-state index contributed by atoms with van der Waals surface area (Å²) in [5.41, 5.74) is 0.100. The van der Waals surface area contributed by atoms with E-state index in [4.69, 9.17) is 0 Å². The maximum absolute atomic E-state index is 12.9. The second kappa shape index (κ2) is 7.97. The molecule has 1 saturated heterocycles. The molecule has 6 heteroatoms. The van der Waals surface area contributed by atoms with Crippen molar-refractivity contribution in [3.63, 3.8) is 0 Å². The van der Waals surface area contributed by atoms with E-state index in [1.54, 1.807) is 0 Å². The molecule has 148 valence electrons. The first kappa shape index (κ1) is 19.8. The minimum absolute atomic E-state index is 0.0979. The zero-order valence-corrected chi connectivity index (χ0v) is 17.0. The summed E-state index contributed by atoms with van der Waals surface area (Å²) in [6.07, 6.45) is 7.98. The highest BCUT2D eigenvalue weighted by Crippen LogP contribution is 2.29. The van der Waals surface area contributed by atoms with Crippen LogP contribution >= 0.6 is 0 Å². The van der Waals surface area contributed by atoms with E-state index in [9.17, 15) is 9.59 Å². The molecule has 0 aromatic rings. The molecule has 1 fully saturated rings. The molecule has 0 bridgehead atoms. The van der Waals surface area contributed by atoms with Crippen molar-refractivity contribution in [3.05, 3.63) is 23.9 Å². The number of allylic oxidation sites excluding steroid dienone is 2. The number of nitrogens with one attached hydrogen (secondary N) is 1. The number of likely N-dealkylation sites (tertiary alicyclic amines) is 1. The Kier molecular flexibility index (Phi) is 5.84. The fraction of sp³-hybridized carbons (Fsp3) is 0.667. The smallest absolute Gasteiger partial charge is 0.250 e. The van der Waals surface area contributed by atoms with E-state index in [2.05, 4.69) is 29.1 Å². The molecule has 3 atom stereocenters. The van der Waals surface area contributed by atoms with Crippen LogP contribution in [0.1, 0.15) is 47.0 Å². The minimum atomic E-state index is -0.921. The fourth-order valence-electron chi connectivity index (χ4n) is 4.50. The standard InChI is InChI=1S/C21H32N4O2/c1-15-6-9-25-18(11-15)23-19(26)12-21(25,4)20(27)22-7-5-8-24-13-16(2)10-17(3)14-24/h6,9,11,16-17H,5,7-8,10,12-14H2,1-4H3,(H,22,27)/t16-,17+,21-/m0/s1. The molecule has 3 aliphatic heterocycles. The van der Waals surface area contributed by atoms with Crippen molar-refractivity contribution in [2.45, 2.75) is 52.5 Å². The van der Waals surface area contributed by atoms with Gasteiger partial charge in [0.2, 0.25) is 5.91 Å². The third-order valence-corrected chi connectivity index (χ3v) is 5.73. The van der Waals surface area contributed by atoms with Crippen molar-refractivity contribution in [1.29, 1.82) is 0 Å². The van der Waals surface area contributed by atoms with Gasteiger partial charge in [-0.05, 0) is 62.8 Å².